The number of hydrogen-bond acceptors (Lipinski definition) is 7. The minimum Gasteiger partial charge on any atom is -0.379 e. The van der Waals surface area contributed by atoms with Crippen molar-refractivity contribution < 1.29 is 19.1 Å². The van der Waals surface area contributed by atoms with E-state index in [0.29, 0.717) is 53.6 Å². The molecule has 1 aliphatic heterocycles. The predicted octanol–water partition coefficient (Wildman–Crippen LogP) is 5.37. The lowest BCUT2D eigenvalue weighted by Gasteiger charge is -2.26. The molecule has 3 aromatic heterocycles. The van der Waals surface area contributed by atoms with Crippen LogP contribution in [0.3, 0.4) is 0 Å². The monoisotopic (exact) mass is 677 g/mol. The highest BCUT2D eigenvalue weighted by Gasteiger charge is 2.19. The average Bonchev–Trinajstić information content (AvgIpc) is 3.68. The number of aryl methyl sites for hydroxylation is 2. The van der Waals surface area contributed by atoms with Gasteiger partial charge in [0.15, 0.2) is 0 Å². The normalized spacial score (nSPS) is 13.5. The Hall–Kier alpha value is -5.17. The minimum atomic E-state index is -0.376. The molecule has 0 aliphatic carbocycles. The van der Waals surface area contributed by atoms with E-state index in [1.165, 1.54) is 4.90 Å². The number of carbonyl (C=O) groups is 3. The van der Waals surface area contributed by atoms with Gasteiger partial charge < -0.3 is 29.8 Å². The van der Waals surface area contributed by atoms with Crippen LogP contribution < -0.4 is 16.0 Å². The highest BCUT2D eigenvalue weighted by Crippen LogP contribution is 2.22. The fraction of sp³-hybridized carbons (Fsp3) is 0.243. The van der Waals surface area contributed by atoms with Crippen molar-refractivity contribution >= 4 is 63.9 Å². The van der Waals surface area contributed by atoms with E-state index < -0.39 is 0 Å². The van der Waals surface area contributed by atoms with Crippen molar-refractivity contribution in [2.24, 2.45) is 14.1 Å². The van der Waals surface area contributed by atoms with Gasteiger partial charge in [0.2, 0.25) is 0 Å². The maximum Gasteiger partial charge on any atom is 0.272 e. The quantitative estimate of drug-likeness (QED) is 0.161. The predicted molar refractivity (Wildman–Crippen MR) is 195 cm³/mol. The van der Waals surface area contributed by atoms with E-state index in [0.717, 1.165) is 36.3 Å². The number of thioether (sulfide) groups is 1. The zero-order valence-corrected chi connectivity index (χ0v) is 28.5. The van der Waals surface area contributed by atoms with Crippen LogP contribution in [-0.2, 0) is 18.8 Å². The van der Waals surface area contributed by atoms with Gasteiger partial charge in [-0.25, -0.2) is 4.98 Å². The molecule has 0 radical (unpaired) electrons. The summed E-state index contributed by atoms with van der Waals surface area (Å²) in [5, 5.41) is 9.59. The highest BCUT2D eigenvalue weighted by atomic mass is 32.2. The summed E-state index contributed by atoms with van der Waals surface area (Å²) in [6, 6.07) is 20.9. The van der Waals surface area contributed by atoms with E-state index >= 15 is 0 Å². The summed E-state index contributed by atoms with van der Waals surface area (Å²) in [6.45, 7) is 4.39. The largest absolute Gasteiger partial charge is 0.379 e. The molecule has 12 heteroatoms. The number of pyridine rings is 1. The molecule has 11 nitrogen and oxygen atoms in total. The third-order valence-corrected chi connectivity index (χ3v) is 9.10. The third-order valence-electron chi connectivity index (χ3n) is 8.36. The van der Waals surface area contributed by atoms with Crippen molar-refractivity contribution in [1.29, 1.82) is 0 Å². The molecule has 2 aromatic carbocycles. The lowest BCUT2D eigenvalue weighted by Crippen LogP contribution is -2.41. The maximum atomic E-state index is 13.5. The molecule has 0 spiro atoms. The molecule has 1 aliphatic rings. The van der Waals surface area contributed by atoms with Crippen molar-refractivity contribution in [3.8, 4) is 0 Å². The fourth-order valence-electron chi connectivity index (χ4n) is 5.69. The zero-order chi connectivity index (χ0) is 34.3. The Balaban J connectivity index is 1.10. The van der Waals surface area contributed by atoms with Gasteiger partial charge >= 0.3 is 0 Å². The molecule has 4 heterocycles. The number of anilines is 2. The number of morpholine rings is 1. The first-order chi connectivity index (χ1) is 23.8. The van der Waals surface area contributed by atoms with Gasteiger partial charge in [-0.15, -0.1) is 11.8 Å². The molecule has 0 bridgehead atoms. The van der Waals surface area contributed by atoms with Gasteiger partial charge in [-0.3, -0.25) is 19.3 Å². The van der Waals surface area contributed by atoms with Crippen LogP contribution in [0, 0.1) is 0 Å². The second-order valence-electron chi connectivity index (χ2n) is 11.8. The molecular formula is C37H39N7O4S. The minimum absolute atomic E-state index is 0.216. The van der Waals surface area contributed by atoms with Crippen molar-refractivity contribution in [3.63, 3.8) is 0 Å². The molecule has 1 saturated heterocycles. The summed E-state index contributed by atoms with van der Waals surface area (Å²) in [6.07, 6.45) is 9.35. The fourth-order valence-corrected chi connectivity index (χ4v) is 6.10. The van der Waals surface area contributed by atoms with E-state index in [-0.39, 0.29) is 17.7 Å². The van der Waals surface area contributed by atoms with Gasteiger partial charge in [-0.2, -0.15) is 0 Å². The lowest BCUT2D eigenvalue weighted by atomic mass is 10.1. The van der Waals surface area contributed by atoms with Crippen molar-refractivity contribution in [2.45, 2.75) is 4.90 Å². The van der Waals surface area contributed by atoms with Crippen molar-refractivity contribution in [2.75, 3.05) is 56.3 Å². The highest BCUT2D eigenvalue weighted by molar-refractivity contribution is 7.98. The van der Waals surface area contributed by atoms with Gasteiger partial charge in [0, 0.05) is 62.9 Å². The topological polar surface area (TPSA) is 123 Å². The lowest BCUT2D eigenvalue weighted by molar-refractivity contribution is 0.0383. The Morgan fingerprint density at radius 3 is 2.20 bits per heavy atom. The number of benzene rings is 2. The van der Waals surface area contributed by atoms with Crippen molar-refractivity contribution in [1.82, 2.24) is 24.3 Å². The number of amides is 3. The standard InChI is InChI=1S/C37H39N7O4S/c1-42-24-29(21-32(42)36(46)38-15-16-44-17-19-48-20-18-44)41-37(47)33-22-28(23-43(33)2)40-35(45)31-6-4-5-26-10-12-27(39-34(26)31)11-7-25-8-13-30(49-3)14-9-25/h4-14,21-24H,15-20H2,1-3H3,(H,38,46)(H,40,45)(H,41,47). The number of hydrogen-bond donors (Lipinski definition) is 3. The molecule has 5 aromatic rings. The first-order valence-electron chi connectivity index (χ1n) is 16.0. The molecular weight excluding hydrogens is 639 g/mol. The van der Waals surface area contributed by atoms with E-state index in [1.54, 1.807) is 65.6 Å². The summed E-state index contributed by atoms with van der Waals surface area (Å²) in [5.74, 6) is -0.928. The molecule has 6 rings (SSSR count). The van der Waals surface area contributed by atoms with E-state index in [4.69, 9.17) is 9.72 Å². The molecule has 0 unspecified atom stereocenters. The van der Waals surface area contributed by atoms with Gasteiger partial charge in [-0.1, -0.05) is 36.4 Å². The van der Waals surface area contributed by atoms with Gasteiger partial charge in [0.25, 0.3) is 17.7 Å². The third kappa shape index (κ3) is 8.29. The smallest absolute Gasteiger partial charge is 0.272 e. The number of fused-ring (bicyclic) bond motifs is 1. The number of ether oxygens (including phenoxy) is 1. The van der Waals surface area contributed by atoms with Gasteiger partial charge in [0.05, 0.1) is 41.4 Å². The summed E-state index contributed by atoms with van der Waals surface area (Å²) in [7, 11) is 3.49. The summed E-state index contributed by atoms with van der Waals surface area (Å²) >= 11 is 1.70. The summed E-state index contributed by atoms with van der Waals surface area (Å²) in [5.41, 5.74) is 4.52. The molecule has 0 saturated carbocycles. The van der Waals surface area contributed by atoms with Crippen LogP contribution in [0.5, 0.6) is 0 Å². The van der Waals surface area contributed by atoms with Crippen molar-refractivity contribution in [3.05, 3.63) is 107 Å². The number of nitrogens with zero attached hydrogens (tertiary/aromatic N) is 4. The van der Waals surface area contributed by atoms with Crippen LogP contribution in [-0.4, -0.2) is 82.4 Å². The molecule has 1 fully saturated rings. The Morgan fingerprint density at radius 2 is 1.51 bits per heavy atom. The average molecular weight is 678 g/mol. The number of para-hydroxylation sites is 1. The van der Waals surface area contributed by atoms with E-state index in [2.05, 4.69) is 45.1 Å². The summed E-state index contributed by atoms with van der Waals surface area (Å²) in [4.78, 5) is 47.8. The zero-order valence-electron chi connectivity index (χ0n) is 27.7. The number of carbonyl (C=O) groups excluding carboxylic acids is 3. The molecule has 0 atom stereocenters. The molecule has 3 N–H and O–H groups in total. The Bertz CT molecular complexity index is 2010. The Morgan fingerprint density at radius 1 is 0.837 bits per heavy atom. The molecule has 49 heavy (non-hydrogen) atoms. The van der Waals surface area contributed by atoms with Crippen LogP contribution in [0.25, 0.3) is 23.1 Å². The first-order valence-corrected chi connectivity index (χ1v) is 17.3. The van der Waals surface area contributed by atoms with E-state index in [9.17, 15) is 14.4 Å². The SMILES string of the molecule is CSc1ccc(C=Cc2ccc3cccc(C(=O)Nc4cc(C(=O)Nc5cc(C(=O)NCCN6CCOCC6)n(C)c5)n(C)c4)c3n2)cc1. The Labute approximate surface area is 289 Å². The summed E-state index contributed by atoms with van der Waals surface area (Å²) < 4.78 is 8.69. The number of rotatable bonds is 11. The van der Waals surface area contributed by atoms with Crippen LogP contribution in [0.15, 0.2) is 84.0 Å². The first kappa shape index (κ1) is 33.7. The molecule has 252 valence electrons. The van der Waals surface area contributed by atoms with Crippen LogP contribution >= 0.6 is 11.8 Å². The van der Waals surface area contributed by atoms with E-state index in [1.807, 2.05) is 42.7 Å². The van der Waals surface area contributed by atoms with Crippen LogP contribution in [0.2, 0.25) is 0 Å². The second kappa shape index (κ2) is 15.4. The number of nitrogens with one attached hydrogen (secondary N) is 3. The van der Waals surface area contributed by atoms with Crippen LogP contribution in [0.4, 0.5) is 11.4 Å². The van der Waals surface area contributed by atoms with Gasteiger partial charge in [0.1, 0.15) is 11.4 Å². The van der Waals surface area contributed by atoms with Crippen LogP contribution in [0.1, 0.15) is 42.6 Å². The maximum absolute atomic E-state index is 13.5. The Kier molecular flexibility index (Phi) is 10.6. The second-order valence-corrected chi connectivity index (χ2v) is 12.7. The number of aromatic nitrogens is 3. The molecule has 3 amide bonds. The van der Waals surface area contributed by atoms with Gasteiger partial charge in [-0.05, 0) is 54.3 Å².